The summed E-state index contributed by atoms with van der Waals surface area (Å²) >= 11 is 1.31. The average Bonchev–Trinajstić information content (AvgIpc) is 3.21. The van der Waals surface area contributed by atoms with Crippen LogP contribution in [0, 0.1) is 5.92 Å². The lowest BCUT2D eigenvalue weighted by atomic mass is 9.98. The summed E-state index contributed by atoms with van der Waals surface area (Å²) in [4.78, 5) is 25.3. The standard InChI is InChI=1S/C22H24N4O2S/c1-3-15(2)19(23-18(27)14-16-10-6-4-7-11-16)20(28)24-22-26-25-21(29-22)17-12-8-5-9-13-17/h4-13,15,19H,3,14H2,1-2H3,(H,23,27)(H,24,26,28). The van der Waals surface area contributed by atoms with Gasteiger partial charge in [-0.2, -0.15) is 0 Å². The van der Waals surface area contributed by atoms with E-state index in [4.69, 9.17) is 0 Å². The molecule has 7 heteroatoms. The predicted octanol–water partition coefficient (Wildman–Crippen LogP) is 3.92. The highest BCUT2D eigenvalue weighted by atomic mass is 32.1. The topological polar surface area (TPSA) is 84.0 Å². The average molecular weight is 409 g/mol. The van der Waals surface area contributed by atoms with Crippen molar-refractivity contribution < 1.29 is 9.59 Å². The summed E-state index contributed by atoms with van der Waals surface area (Å²) < 4.78 is 0. The molecule has 0 spiro atoms. The number of anilines is 1. The van der Waals surface area contributed by atoms with Crippen molar-refractivity contribution in [3.63, 3.8) is 0 Å². The number of carbonyl (C=O) groups is 2. The molecule has 0 aliphatic heterocycles. The summed E-state index contributed by atoms with van der Waals surface area (Å²) in [7, 11) is 0. The fourth-order valence-electron chi connectivity index (χ4n) is 2.86. The lowest BCUT2D eigenvalue weighted by Gasteiger charge is -2.23. The molecule has 2 amide bonds. The summed E-state index contributed by atoms with van der Waals surface area (Å²) in [6.45, 7) is 3.94. The third-order valence-electron chi connectivity index (χ3n) is 4.70. The molecule has 2 aromatic carbocycles. The molecule has 2 N–H and O–H groups in total. The minimum Gasteiger partial charge on any atom is -0.344 e. The van der Waals surface area contributed by atoms with E-state index in [0.29, 0.717) is 5.13 Å². The van der Waals surface area contributed by atoms with E-state index >= 15 is 0 Å². The van der Waals surface area contributed by atoms with E-state index in [0.717, 1.165) is 22.6 Å². The van der Waals surface area contributed by atoms with E-state index in [1.165, 1.54) is 11.3 Å². The molecule has 3 aromatic rings. The van der Waals surface area contributed by atoms with Crippen molar-refractivity contribution in [2.75, 3.05) is 5.32 Å². The highest BCUT2D eigenvalue weighted by Gasteiger charge is 2.27. The molecule has 6 nitrogen and oxygen atoms in total. The maximum atomic E-state index is 12.9. The van der Waals surface area contributed by atoms with Gasteiger partial charge in [0.2, 0.25) is 16.9 Å². The SMILES string of the molecule is CCC(C)C(NC(=O)Cc1ccccc1)C(=O)Nc1nnc(-c2ccccc2)s1. The summed E-state index contributed by atoms with van der Waals surface area (Å²) in [5.74, 6) is -0.480. The van der Waals surface area contributed by atoms with Crippen LogP contribution in [0.3, 0.4) is 0 Å². The van der Waals surface area contributed by atoms with E-state index in [1.54, 1.807) is 0 Å². The zero-order valence-electron chi connectivity index (χ0n) is 16.5. The van der Waals surface area contributed by atoms with Gasteiger partial charge in [0.15, 0.2) is 0 Å². The largest absolute Gasteiger partial charge is 0.344 e. The summed E-state index contributed by atoms with van der Waals surface area (Å²) in [5.41, 5.74) is 1.85. The van der Waals surface area contributed by atoms with Gasteiger partial charge in [0.25, 0.3) is 0 Å². The maximum absolute atomic E-state index is 12.9. The molecule has 2 unspecified atom stereocenters. The first-order valence-corrected chi connectivity index (χ1v) is 10.4. The van der Waals surface area contributed by atoms with Crippen LogP contribution in [0.25, 0.3) is 10.6 Å². The quantitative estimate of drug-likeness (QED) is 0.592. The van der Waals surface area contributed by atoms with Crippen molar-refractivity contribution in [2.24, 2.45) is 5.92 Å². The lowest BCUT2D eigenvalue weighted by Crippen LogP contribution is -2.48. The molecular weight excluding hydrogens is 384 g/mol. The second-order valence-electron chi connectivity index (χ2n) is 6.86. The fraction of sp³-hybridized carbons (Fsp3) is 0.273. The Bertz CT molecular complexity index is 944. The number of aromatic nitrogens is 2. The summed E-state index contributed by atoms with van der Waals surface area (Å²) in [6.07, 6.45) is 0.993. The van der Waals surface area contributed by atoms with Crippen LogP contribution in [0.4, 0.5) is 5.13 Å². The zero-order valence-corrected chi connectivity index (χ0v) is 17.3. The minimum absolute atomic E-state index is 0.0174. The van der Waals surface area contributed by atoms with Crippen molar-refractivity contribution >= 4 is 28.3 Å². The van der Waals surface area contributed by atoms with Gasteiger partial charge >= 0.3 is 0 Å². The number of hydrogen-bond donors (Lipinski definition) is 2. The molecule has 2 atom stereocenters. The normalized spacial score (nSPS) is 12.8. The first kappa shape index (κ1) is 20.7. The fourth-order valence-corrected chi connectivity index (χ4v) is 3.61. The monoisotopic (exact) mass is 408 g/mol. The second-order valence-corrected chi connectivity index (χ2v) is 7.84. The number of carbonyl (C=O) groups excluding carboxylic acids is 2. The Morgan fingerprint density at radius 1 is 1.00 bits per heavy atom. The van der Waals surface area contributed by atoms with Crippen LogP contribution >= 0.6 is 11.3 Å². The van der Waals surface area contributed by atoms with E-state index in [9.17, 15) is 9.59 Å². The minimum atomic E-state index is -0.639. The number of rotatable bonds is 8. The Labute approximate surface area is 174 Å². The van der Waals surface area contributed by atoms with Gasteiger partial charge in [0, 0.05) is 5.56 Å². The van der Waals surface area contributed by atoms with E-state index in [1.807, 2.05) is 74.5 Å². The number of amides is 2. The molecule has 1 aromatic heterocycles. The van der Waals surface area contributed by atoms with Crippen molar-refractivity contribution in [2.45, 2.75) is 32.7 Å². The number of nitrogens with one attached hydrogen (secondary N) is 2. The molecule has 0 aliphatic carbocycles. The van der Waals surface area contributed by atoms with Crippen LogP contribution in [0.15, 0.2) is 60.7 Å². The van der Waals surface area contributed by atoms with E-state index in [2.05, 4.69) is 20.8 Å². The predicted molar refractivity (Wildman–Crippen MR) is 116 cm³/mol. The van der Waals surface area contributed by atoms with Gasteiger partial charge in [-0.25, -0.2) is 0 Å². The van der Waals surface area contributed by atoms with Gasteiger partial charge in [-0.3, -0.25) is 14.9 Å². The first-order chi connectivity index (χ1) is 14.1. The summed E-state index contributed by atoms with van der Waals surface area (Å²) in [6, 6.07) is 18.5. The molecule has 0 saturated heterocycles. The number of benzene rings is 2. The molecule has 0 fully saturated rings. The Hall–Kier alpha value is -3.06. The lowest BCUT2D eigenvalue weighted by molar-refractivity contribution is -0.127. The first-order valence-electron chi connectivity index (χ1n) is 9.60. The van der Waals surface area contributed by atoms with Crippen molar-refractivity contribution in [1.29, 1.82) is 0 Å². The molecular formula is C22H24N4O2S. The molecule has 150 valence electrons. The van der Waals surface area contributed by atoms with Gasteiger partial charge in [0.05, 0.1) is 6.42 Å². The molecule has 29 heavy (non-hydrogen) atoms. The molecule has 3 rings (SSSR count). The van der Waals surface area contributed by atoms with Gasteiger partial charge in [-0.05, 0) is 11.5 Å². The van der Waals surface area contributed by atoms with Crippen LogP contribution in [-0.2, 0) is 16.0 Å². The highest BCUT2D eigenvalue weighted by molar-refractivity contribution is 7.18. The second kappa shape index (κ2) is 9.93. The molecule has 1 heterocycles. The molecule has 0 radical (unpaired) electrons. The van der Waals surface area contributed by atoms with Crippen LogP contribution in [0.1, 0.15) is 25.8 Å². The Morgan fingerprint density at radius 3 is 2.31 bits per heavy atom. The van der Waals surface area contributed by atoms with Crippen molar-refractivity contribution in [3.05, 3.63) is 66.2 Å². The smallest absolute Gasteiger partial charge is 0.249 e. The van der Waals surface area contributed by atoms with Crippen LogP contribution in [0.5, 0.6) is 0 Å². The van der Waals surface area contributed by atoms with Gasteiger partial charge < -0.3 is 5.32 Å². The Morgan fingerprint density at radius 2 is 1.66 bits per heavy atom. The van der Waals surface area contributed by atoms with Crippen LogP contribution in [0.2, 0.25) is 0 Å². The van der Waals surface area contributed by atoms with Gasteiger partial charge in [0.1, 0.15) is 11.0 Å². The van der Waals surface area contributed by atoms with Crippen LogP contribution < -0.4 is 10.6 Å². The number of hydrogen-bond acceptors (Lipinski definition) is 5. The van der Waals surface area contributed by atoms with Crippen molar-refractivity contribution in [3.8, 4) is 10.6 Å². The van der Waals surface area contributed by atoms with E-state index < -0.39 is 6.04 Å². The van der Waals surface area contributed by atoms with Gasteiger partial charge in [-0.15, -0.1) is 10.2 Å². The van der Waals surface area contributed by atoms with Gasteiger partial charge in [-0.1, -0.05) is 92.3 Å². The Kier molecular flexibility index (Phi) is 7.08. The molecule has 0 saturated carbocycles. The molecule has 0 bridgehead atoms. The van der Waals surface area contributed by atoms with Crippen molar-refractivity contribution in [1.82, 2.24) is 15.5 Å². The highest BCUT2D eigenvalue weighted by Crippen LogP contribution is 2.26. The number of nitrogens with zero attached hydrogens (tertiary/aromatic N) is 2. The van der Waals surface area contributed by atoms with E-state index in [-0.39, 0.29) is 24.2 Å². The molecule has 0 aliphatic rings. The zero-order chi connectivity index (χ0) is 20.6. The summed E-state index contributed by atoms with van der Waals surface area (Å²) in [5, 5.41) is 15.1. The Balaban J connectivity index is 1.66. The van der Waals surface area contributed by atoms with Crippen LogP contribution in [-0.4, -0.2) is 28.1 Å². The third kappa shape index (κ3) is 5.71. The maximum Gasteiger partial charge on any atom is 0.249 e. The third-order valence-corrected chi connectivity index (χ3v) is 5.58.